The van der Waals surface area contributed by atoms with Gasteiger partial charge in [0.25, 0.3) is 5.91 Å². The standard InChI is InChI=1S/C22H27N7O7S/c1-4-23-20(32)17-15(30)16(31)21(36-17)29-10-26-14-18(24-9-25-19(14)29)28-22(33)27-12-5-7-13(8-6-12)37(34,35)11(2)3/h5-11,15-17,21,30-31H,4H2,1-3H3,(H,23,32)(H2,24,25,27,28,33)/t15-,16+,17-,21+/m0/s1. The third-order valence-corrected chi connectivity index (χ3v) is 7.94. The van der Waals surface area contributed by atoms with Crippen molar-refractivity contribution in [1.29, 1.82) is 0 Å². The summed E-state index contributed by atoms with van der Waals surface area (Å²) >= 11 is 0. The van der Waals surface area contributed by atoms with Gasteiger partial charge in [-0.15, -0.1) is 0 Å². The van der Waals surface area contributed by atoms with E-state index in [0.717, 1.165) is 0 Å². The number of hydrogen-bond acceptors (Lipinski definition) is 10. The highest BCUT2D eigenvalue weighted by Gasteiger charge is 2.47. The van der Waals surface area contributed by atoms with Crippen LogP contribution in [-0.4, -0.2) is 80.2 Å². The molecule has 0 spiro atoms. The van der Waals surface area contributed by atoms with Gasteiger partial charge in [-0.2, -0.15) is 0 Å². The SMILES string of the molecule is CCNC(=O)[C@H]1O[C@@H](n2cnc3c(NC(=O)Nc4ccc(S(=O)(=O)C(C)C)cc4)ncnc32)[C@H](O)[C@@H]1O. The number of nitrogens with zero attached hydrogens (tertiary/aromatic N) is 4. The van der Waals surface area contributed by atoms with Crippen LogP contribution in [0.3, 0.4) is 0 Å². The molecule has 15 heteroatoms. The van der Waals surface area contributed by atoms with Crippen molar-refractivity contribution in [3.05, 3.63) is 36.9 Å². The van der Waals surface area contributed by atoms with Crippen LogP contribution < -0.4 is 16.0 Å². The Balaban J connectivity index is 1.50. The summed E-state index contributed by atoms with van der Waals surface area (Å²) in [5.74, 6) is -0.516. The minimum absolute atomic E-state index is 0.0496. The predicted molar refractivity (Wildman–Crippen MR) is 131 cm³/mol. The minimum atomic E-state index is -3.44. The maximum atomic E-state index is 12.6. The van der Waals surface area contributed by atoms with Crippen molar-refractivity contribution in [3.8, 4) is 0 Å². The number of carbonyl (C=O) groups is 2. The first-order chi connectivity index (χ1) is 17.5. The van der Waals surface area contributed by atoms with E-state index in [1.54, 1.807) is 20.8 Å². The summed E-state index contributed by atoms with van der Waals surface area (Å²) in [5.41, 5.74) is 0.702. The van der Waals surface area contributed by atoms with E-state index in [0.29, 0.717) is 12.2 Å². The van der Waals surface area contributed by atoms with Crippen LogP contribution in [0.1, 0.15) is 27.0 Å². The third-order valence-electron chi connectivity index (χ3n) is 5.77. The van der Waals surface area contributed by atoms with Crippen LogP contribution in [0.15, 0.2) is 41.8 Å². The Hall–Kier alpha value is -3.66. The van der Waals surface area contributed by atoms with Gasteiger partial charge in [-0.25, -0.2) is 28.2 Å². The fraction of sp³-hybridized carbons (Fsp3) is 0.409. The number of ether oxygens (including phenoxy) is 1. The largest absolute Gasteiger partial charge is 0.387 e. The number of aromatic nitrogens is 4. The lowest BCUT2D eigenvalue weighted by atomic mass is 10.1. The molecule has 0 radical (unpaired) electrons. The molecular weight excluding hydrogens is 506 g/mol. The second-order valence-electron chi connectivity index (χ2n) is 8.57. The number of urea groups is 1. The van der Waals surface area contributed by atoms with Gasteiger partial charge in [0.15, 0.2) is 39.2 Å². The highest BCUT2D eigenvalue weighted by molar-refractivity contribution is 7.92. The Morgan fingerprint density at radius 2 is 1.78 bits per heavy atom. The number of fused-ring (bicyclic) bond motifs is 1. The summed E-state index contributed by atoms with van der Waals surface area (Å²) in [7, 11) is -3.44. The van der Waals surface area contributed by atoms with Crippen LogP contribution in [0, 0.1) is 0 Å². The Kier molecular flexibility index (Phi) is 7.40. The monoisotopic (exact) mass is 533 g/mol. The number of likely N-dealkylation sites (N-methyl/N-ethyl adjacent to an activating group) is 1. The first kappa shape index (κ1) is 26.4. The molecule has 1 aliphatic rings. The average molecular weight is 534 g/mol. The van der Waals surface area contributed by atoms with Crippen molar-refractivity contribution in [2.24, 2.45) is 0 Å². The maximum Gasteiger partial charge on any atom is 0.324 e. The van der Waals surface area contributed by atoms with E-state index in [-0.39, 0.29) is 21.9 Å². The summed E-state index contributed by atoms with van der Waals surface area (Å²) in [6, 6.07) is 5.08. The molecule has 3 heterocycles. The van der Waals surface area contributed by atoms with Crippen LogP contribution in [0.2, 0.25) is 0 Å². The third kappa shape index (κ3) is 5.11. The molecule has 14 nitrogen and oxygen atoms in total. The van der Waals surface area contributed by atoms with Gasteiger partial charge in [0.05, 0.1) is 16.5 Å². The normalized spacial score (nSPS) is 21.8. The van der Waals surface area contributed by atoms with Crippen LogP contribution in [-0.2, 0) is 19.4 Å². The Morgan fingerprint density at radius 1 is 1.08 bits per heavy atom. The van der Waals surface area contributed by atoms with Crippen LogP contribution in [0.4, 0.5) is 16.3 Å². The van der Waals surface area contributed by atoms with Gasteiger partial charge in [0.2, 0.25) is 0 Å². The number of hydrogen-bond donors (Lipinski definition) is 5. The van der Waals surface area contributed by atoms with Gasteiger partial charge < -0.3 is 25.6 Å². The molecule has 0 saturated carbocycles. The molecule has 0 bridgehead atoms. The van der Waals surface area contributed by atoms with E-state index >= 15 is 0 Å². The zero-order valence-electron chi connectivity index (χ0n) is 20.2. The van der Waals surface area contributed by atoms with Gasteiger partial charge >= 0.3 is 6.03 Å². The highest BCUT2D eigenvalue weighted by Crippen LogP contribution is 2.32. The molecule has 0 aliphatic carbocycles. The second-order valence-corrected chi connectivity index (χ2v) is 11.1. The number of aliphatic hydroxyl groups excluding tert-OH is 2. The Bertz CT molecular complexity index is 1410. The maximum absolute atomic E-state index is 12.6. The number of nitrogens with one attached hydrogen (secondary N) is 3. The lowest BCUT2D eigenvalue weighted by Crippen LogP contribution is -2.42. The summed E-state index contributed by atoms with van der Waals surface area (Å²) < 4.78 is 31.5. The molecule has 198 valence electrons. The molecule has 2 aromatic heterocycles. The zero-order chi connectivity index (χ0) is 26.9. The van der Waals surface area contributed by atoms with Gasteiger partial charge in [-0.3, -0.25) is 14.7 Å². The number of imidazole rings is 1. The van der Waals surface area contributed by atoms with E-state index < -0.39 is 51.6 Å². The smallest absolute Gasteiger partial charge is 0.324 e. The highest BCUT2D eigenvalue weighted by atomic mass is 32.2. The summed E-state index contributed by atoms with van der Waals surface area (Å²) in [4.78, 5) is 37.3. The summed E-state index contributed by atoms with van der Waals surface area (Å²) in [6.07, 6.45) is -2.91. The molecule has 1 aliphatic heterocycles. The summed E-state index contributed by atoms with van der Waals surface area (Å²) in [6.45, 7) is 5.21. The molecule has 5 N–H and O–H groups in total. The van der Waals surface area contributed by atoms with E-state index in [1.165, 1.54) is 41.5 Å². The Morgan fingerprint density at radius 3 is 2.43 bits per heavy atom. The molecular formula is C22H27N7O7S. The molecule has 1 aromatic carbocycles. The van der Waals surface area contributed by atoms with Crippen molar-refractivity contribution in [2.45, 2.75) is 55.5 Å². The number of sulfone groups is 1. The predicted octanol–water partition coefficient (Wildman–Crippen LogP) is 0.408. The molecule has 3 aromatic rings. The van der Waals surface area contributed by atoms with Gasteiger partial charge in [0.1, 0.15) is 18.5 Å². The fourth-order valence-electron chi connectivity index (χ4n) is 3.78. The lowest BCUT2D eigenvalue weighted by molar-refractivity contribution is -0.137. The number of benzene rings is 1. The molecule has 3 amide bonds. The first-order valence-corrected chi connectivity index (χ1v) is 13.0. The zero-order valence-corrected chi connectivity index (χ0v) is 21.0. The van der Waals surface area contributed by atoms with E-state index in [4.69, 9.17) is 4.74 Å². The van der Waals surface area contributed by atoms with Crippen molar-refractivity contribution < 1.29 is 33.0 Å². The molecule has 4 atom stereocenters. The van der Waals surface area contributed by atoms with Crippen LogP contribution >= 0.6 is 0 Å². The Labute approximate surface area is 212 Å². The first-order valence-electron chi connectivity index (χ1n) is 11.4. The van der Waals surface area contributed by atoms with Gasteiger partial charge in [-0.05, 0) is 45.0 Å². The van der Waals surface area contributed by atoms with E-state index in [9.17, 15) is 28.2 Å². The van der Waals surface area contributed by atoms with Crippen molar-refractivity contribution in [2.75, 3.05) is 17.2 Å². The van der Waals surface area contributed by atoms with Crippen molar-refractivity contribution in [1.82, 2.24) is 24.8 Å². The number of carbonyl (C=O) groups excluding carboxylic acids is 2. The van der Waals surface area contributed by atoms with Crippen molar-refractivity contribution >= 4 is 44.4 Å². The molecule has 4 rings (SSSR count). The lowest BCUT2D eigenvalue weighted by Gasteiger charge is -2.16. The topological polar surface area (TPSA) is 198 Å². The molecule has 0 unspecified atom stereocenters. The van der Waals surface area contributed by atoms with E-state index in [2.05, 4.69) is 30.9 Å². The number of amides is 3. The summed E-state index contributed by atoms with van der Waals surface area (Å²) in [5, 5.41) is 27.9. The fourth-order valence-corrected chi connectivity index (χ4v) is 4.84. The molecule has 1 saturated heterocycles. The van der Waals surface area contributed by atoms with Crippen LogP contribution in [0.25, 0.3) is 11.2 Å². The minimum Gasteiger partial charge on any atom is -0.387 e. The van der Waals surface area contributed by atoms with E-state index in [1.807, 2.05) is 0 Å². The van der Waals surface area contributed by atoms with Gasteiger partial charge in [0, 0.05) is 12.2 Å². The number of rotatable bonds is 7. The average Bonchev–Trinajstić information content (AvgIpc) is 3.41. The van der Waals surface area contributed by atoms with Crippen molar-refractivity contribution in [3.63, 3.8) is 0 Å². The number of aliphatic hydroxyl groups is 2. The quantitative estimate of drug-likeness (QED) is 0.283. The van der Waals surface area contributed by atoms with Crippen LogP contribution in [0.5, 0.6) is 0 Å². The van der Waals surface area contributed by atoms with Gasteiger partial charge in [-0.1, -0.05) is 0 Å². The number of anilines is 2. The molecule has 37 heavy (non-hydrogen) atoms. The second kappa shape index (κ2) is 10.4. The molecule has 1 fully saturated rings.